The highest BCUT2D eigenvalue weighted by atomic mass is 16.7. The highest BCUT2D eigenvalue weighted by Gasteiger charge is 2.44. The van der Waals surface area contributed by atoms with Crippen LogP contribution in [0, 0.1) is 5.92 Å². The zero-order valence-electron chi connectivity index (χ0n) is 22.9. The van der Waals surface area contributed by atoms with Gasteiger partial charge in [-0.2, -0.15) is 0 Å². The Kier molecular flexibility index (Phi) is 9.83. The number of carbonyl (C=O) groups is 2. The van der Waals surface area contributed by atoms with Crippen LogP contribution in [0.5, 0.6) is 0 Å². The summed E-state index contributed by atoms with van der Waals surface area (Å²) in [5.41, 5.74) is 1.30. The number of nitrogens with one attached hydrogen (secondary N) is 2. The van der Waals surface area contributed by atoms with Gasteiger partial charge in [0.2, 0.25) is 0 Å². The maximum absolute atomic E-state index is 13.0. The molecule has 0 bridgehead atoms. The van der Waals surface area contributed by atoms with Crippen LogP contribution in [-0.4, -0.2) is 66.7 Å². The van der Waals surface area contributed by atoms with Crippen molar-refractivity contribution in [1.82, 2.24) is 10.6 Å². The van der Waals surface area contributed by atoms with Crippen molar-refractivity contribution < 1.29 is 33.6 Å². The van der Waals surface area contributed by atoms with Crippen LogP contribution in [0.2, 0.25) is 0 Å². The summed E-state index contributed by atoms with van der Waals surface area (Å²) < 4.78 is 22.3. The number of fused-ring (bicyclic) bond motifs is 1. The summed E-state index contributed by atoms with van der Waals surface area (Å²) in [5.74, 6) is 0.0153. The maximum Gasteiger partial charge on any atom is 0.407 e. The highest BCUT2D eigenvalue weighted by Crippen LogP contribution is 2.33. The van der Waals surface area contributed by atoms with E-state index in [4.69, 9.17) is 18.9 Å². The Hall–Kier alpha value is -3.14. The molecule has 3 unspecified atom stereocenters. The molecule has 0 aliphatic carbocycles. The van der Waals surface area contributed by atoms with E-state index in [-0.39, 0.29) is 25.2 Å². The highest BCUT2D eigenvalue weighted by molar-refractivity contribution is 5.68. The minimum Gasteiger partial charge on any atom is -0.444 e. The lowest BCUT2D eigenvalue weighted by Crippen LogP contribution is -2.50. The fraction of sp³-hybridized carbons (Fsp3) is 0.533. The van der Waals surface area contributed by atoms with Crippen LogP contribution < -0.4 is 10.6 Å². The molecule has 2 amide bonds. The summed E-state index contributed by atoms with van der Waals surface area (Å²) in [6, 6.07) is 18.3. The molecular weight excluding hydrogens is 500 g/mol. The van der Waals surface area contributed by atoms with E-state index in [0.717, 1.165) is 17.5 Å². The van der Waals surface area contributed by atoms with Crippen molar-refractivity contribution in [3.63, 3.8) is 0 Å². The number of hydrogen-bond acceptors (Lipinski definition) is 7. The summed E-state index contributed by atoms with van der Waals surface area (Å²) in [5, 5.41) is 17.2. The Labute approximate surface area is 230 Å². The number of alkyl carbamates (subject to hydrolysis) is 2. The van der Waals surface area contributed by atoms with Crippen molar-refractivity contribution in [2.45, 2.75) is 82.6 Å². The number of aliphatic hydroxyl groups is 1. The van der Waals surface area contributed by atoms with Gasteiger partial charge in [-0.3, -0.25) is 0 Å². The molecule has 2 aromatic carbocycles. The largest absolute Gasteiger partial charge is 0.444 e. The lowest BCUT2D eigenvalue weighted by Gasteiger charge is -2.29. The Morgan fingerprint density at radius 1 is 0.949 bits per heavy atom. The van der Waals surface area contributed by atoms with Gasteiger partial charge in [-0.15, -0.1) is 0 Å². The van der Waals surface area contributed by atoms with Crippen LogP contribution in [0.25, 0.3) is 0 Å². The van der Waals surface area contributed by atoms with Crippen LogP contribution in [0.4, 0.5) is 9.59 Å². The molecule has 2 aliphatic heterocycles. The van der Waals surface area contributed by atoms with Gasteiger partial charge in [-0.1, -0.05) is 60.7 Å². The van der Waals surface area contributed by atoms with E-state index in [0.29, 0.717) is 19.4 Å². The van der Waals surface area contributed by atoms with E-state index in [1.165, 1.54) is 0 Å². The van der Waals surface area contributed by atoms with Crippen molar-refractivity contribution in [2.24, 2.45) is 5.92 Å². The lowest BCUT2D eigenvalue weighted by atomic mass is 9.94. The standard InChI is InChI=1S/C30H40N2O7/c1-30(2,3)39-29(35)31-22(16-20-10-6-4-7-11-20)18-25(33)24(17-21-12-8-5-9-13-21)32-28(34)38-26-19-37-27-23(26)14-15-36-27/h4-13,22-27,33H,14-19H2,1-3H3,(H,31,35)(H,32,34)/t22-,23?,24-,25-,26?,27?/m0/s1. The van der Waals surface area contributed by atoms with E-state index in [2.05, 4.69) is 10.6 Å². The number of ether oxygens (including phenoxy) is 4. The van der Waals surface area contributed by atoms with Crippen molar-refractivity contribution in [1.29, 1.82) is 0 Å². The third-order valence-electron chi connectivity index (χ3n) is 6.88. The molecule has 0 aromatic heterocycles. The van der Waals surface area contributed by atoms with Gasteiger partial charge in [-0.05, 0) is 57.6 Å². The third kappa shape index (κ3) is 8.95. The molecule has 2 heterocycles. The first-order valence-electron chi connectivity index (χ1n) is 13.6. The monoisotopic (exact) mass is 540 g/mol. The number of carbonyl (C=O) groups excluding carboxylic acids is 2. The smallest absolute Gasteiger partial charge is 0.407 e. The predicted molar refractivity (Wildman–Crippen MR) is 145 cm³/mol. The van der Waals surface area contributed by atoms with E-state index in [1.807, 2.05) is 60.7 Å². The molecule has 2 aliphatic rings. The second-order valence-electron chi connectivity index (χ2n) is 11.2. The second-order valence-corrected chi connectivity index (χ2v) is 11.2. The van der Waals surface area contributed by atoms with Crippen molar-refractivity contribution in [3.8, 4) is 0 Å². The predicted octanol–water partition coefficient (Wildman–Crippen LogP) is 3.97. The Balaban J connectivity index is 1.45. The number of aliphatic hydroxyl groups excluding tert-OH is 1. The van der Waals surface area contributed by atoms with Crippen LogP contribution >= 0.6 is 0 Å². The molecule has 6 atom stereocenters. The topological polar surface area (TPSA) is 115 Å². The summed E-state index contributed by atoms with van der Waals surface area (Å²) in [6.07, 6.45) is -1.04. The third-order valence-corrected chi connectivity index (χ3v) is 6.88. The van der Waals surface area contributed by atoms with Crippen LogP contribution in [0.15, 0.2) is 60.7 Å². The molecule has 9 heteroatoms. The second kappa shape index (κ2) is 13.3. The molecule has 0 radical (unpaired) electrons. The van der Waals surface area contributed by atoms with Crippen molar-refractivity contribution in [3.05, 3.63) is 71.8 Å². The van der Waals surface area contributed by atoms with Gasteiger partial charge in [0.05, 0.1) is 31.3 Å². The first-order chi connectivity index (χ1) is 18.7. The zero-order chi connectivity index (χ0) is 27.8. The summed E-state index contributed by atoms with van der Waals surface area (Å²) in [6.45, 7) is 6.27. The van der Waals surface area contributed by atoms with Gasteiger partial charge >= 0.3 is 12.2 Å². The SMILES string of the molecule is CC(C)(C)OC(=O)N[C@@H](Cc1ccccc1)C[C@H](O)[C@H](Cc1ccccc1)NC(=O)OC1COC2OCCC12. The zero-order valence-corrected chi connectivity index (χ0v) is 22.9. The molecule has 0 spiro atoms. The Morgan fingerprint density at radius 2 is 1.59 bits per heavy atom. The normalized spacial score (nSPS) is 22.8. The summed E-state index contributed by atoms with van der Waals surface area (Å²) in [7, 11) is 0. The average Bonchev–Trinajstić information content (AvgIpc) is 3.49. The number of amides is 2. The van der Waals surface area contributed by atoms with E-state index >= 15 is 0 Å². The van der Waals surface area contributed by atoms with Gasteiger partial charge < -0.3 is 34.7 Å². The fourth-order valence-corrected chi connectivity index (χ4v) is 5.04. The molecular formula is C30H40N2O7. The molecule has 2 aromatic rings. The maximum atomic E-state index is 13.0. The van der Waals surface area contributed by atoms with Crippen LogP contribution in [0.3, 0.4) is 0 Å². The molecule has 3 N–H and O–H groups in total. The Morgan fingerprint density at radius 3 is 2.23 bits per heavy atom. The van der Waals surface area contributed by atoms with Gasteiger partial charge in [-0.25, -0.2) is 9.59 Å². The number of rotatable bonds is 10. The Bertz CT molecular complexity index is 1060. The first kappa shape index (κ1) is 28.9. The molecule has 2 fully saturated rings. The molecule has 4 rings (SSSR count). The molecule has 2 saturated heterocycles. The number of hydrogen-bond donors (Lipinski definition) is 3. The first-order valence-corrected chi connectivity index (χ1v) is 13.6. The van der Waals surface area contributed by atoms with E-state index < -0.39 is 42.1 Å². The molecule has 9 nitrogen and oxygen atoms in total. The fourth-order valence-electron chi connectivity index (χ4n) is 5.04. The quantitative estimate of drug-likeness (QED) is 0.418. The van der Waals surface area contributed by atoms with E-state index in [9.17, 15) is 14.7 Å². The van der Waals surface area contributed by atoms with Crippen LogP contribution in [0.1, 0.15) is 44.7 Å². The van der Waals surface area contributed by atoms with Gasteiger partial charge in [0.1, 0.15) is 11.7 Å². The number of benzene rings is 2. The van der Waals surface area contributed by atoms with Crippen molar-refractivity contribution in [2.75, 3.05) is 13.2 Å². The van der Waals surface area contributed by atoms with Gasteiger partial charge in [0, 0.05) is 6.04 Å². The van der Waals surface area contributed by atoms with E-state index in [1.54, 1.807) is 20.8 Å². The summed E-state index contributed by atoms with van der Waals surface area (Å²) >= 11 is 0. The lowest BCUT2D eigenvalue weighted by molar-refractivity contribution is -0.0907. The molecule has 0 saturated carbocycles. The summed E-state index contributed by atoms with van der Waals surface area (Å²) in [4.78, 5) is 25.6. The molecule has 39 heavy (non-hydrogen) atoms. The van der Waals surface area contributed by atoms with Gasteiger partial charge in [0.15, 0.2) is 6.29 Å². The minimum atomic E-state index is -0.983. The van der Waals surface area contributed by atoms with Crippen molar-refractivity contribution >= 4 is 12.2 Å². The average molecular weight is 541 g/mol. The van der Waals surface area contributed by atoms with Gasteiger partial charge in [0.25, 0.3) is 0 Å². The van der Waals surface area contributed by atoms with Crippen LogP contribution in [-0.2, 0) is 31.8 Å². The minimum absolute atomic E-state index is 0.0153. The molecule has 212 valence electrons.